The van der Waals surface area contributed by atoms with Crippen molar-refractivity contribution in [2.24, 2.45) is 15.9 Å². The number of hydrogen-bond acceptors (Lipinski definition) is 4. The Labute approximate surface area is 176 Å². The SMILES string of the molecule is Cc1cccc(CSC2=NC(=O)C3C(=NC(=O)CC3c3cc(F)cc(F)c3)N2C)c1. The number of aryl methyl sites for hydroxylation is 1. The molecule has 2 aromatic rings. The van der Waals surface area contributed by atoms with Crippen LogP contribution in [0.3, 0.4) is 0 Å². The van der Waals surface area contributed by atoms with Crippen LogP contribution >= 0.6 is 11.8 Å². The average molecular weight is 427 g/mol. The number of rotatable bonds is 3. The molecule has 4 rings (SSSR count). The van der Waals surface area contributed by atoms with E-state index in [4.69, 9.17) is 0 Å². The molecule has 0 saturated heterocycles. The maximum Gasteiger partial charge on any atom is 0.259 e. The molecule has 0 aromatic heterocycles. The predicted molar refractivity (Wildman–Crippen MR) is 112 cm³/mol. The van der Waals surface area contributed by atoms with E-state index >= 15 is 0 Å². The summed E-state index contributed by atoms with van der Waals surface area (Å²) in [5.74, 6) is -3.09. The van der Waals surface area contributed by atoms with Crippen molar-refractivity contribution < 1.29 is 18.4 Å². The molecule has 2 aromatic carbocycles. The molecule has 0 aliphatic carbocycles. The van der Waals surface area contributed by atoms with Crippen LogP contribution in [0.15, 0.2) is 52.4 Å². The second-order valence-corrected chi connectivity index (χ2v) is 8.37. The van der Waals surface area contributed by atoms with Crippen molar-refractivity contribution in [2.45, 2.75) is 25.0 Å². The number of carbonyl (C=O) groups excluding carboxylic acids is 2. The summed E-state index contributed by atoms with van der Waals surface area (Å²) in [5.41, 5.74) is 2.47. The summed E-state index contributed by atoms with van der Waals surface area (Å²) in [6, 6.07) is 11.1. The summed E-state index contributed by atoms with van der Waals surface area (Å²) >= 11 is 1.37. The number of fused-ring (bicyclic) bond motifs is 1. The lowest BCUT2D eigenvalue weighted by molar-refractivity contribution is -0.122. The van der Waals surface area contributed by atoms with Gasteiger partial charge in [0.1, 0.15) is 23.4 Å². The first-order valence-corrected chi connectivity index (χ1v) is 10.4. The topological polar surface area (TPSA) is 62.1 Å². The minimum absolute atomic E-state index is 0.0993. The highest BCUT2D eigenvalue weighted by Gasteiger charge is 2.44. The van der Waals surface area contributed by atoms with Crippen molar-refractivity contribution in [2.75, 3.05) is 7.05 Å². The number of halogens is 2. The van der Waals surface area contributed by atoms with Crippen LogP contribution < -0.4 is 0 Å². The average Bonchev–Trinajstić information content (AvgIpc) is 2.68. The summed E-state index contributed by atoms with van der Waals surface area (Å²) in [5, 5.41) is 0.440. The van der Waals surface area contributed by atoms with E-state index in [0.29, 0.717) is 10.9 Å². The Morgan fingerprint density at radius 2 is 1.83 bits per heavy atom. The molecule has 0 saturated carbocycles. The number of benzene rings is 2. The Kier molecular flexibility index (Phi) is 5.51. The van der Waals surface area contributed by atoms with E-state index in [9.17, 15) is 18.4 Å². The van der Waals surface area contributed by atoms with Gasteiger partial charge in [-0.05, 0) is 30.2 Å². The van der Waals surface area contributed by atoms with E-state index < -0.39 is 35.3 Å². The fraction of sp³-hybridized carbons (Fsp3) is 0.273. The highest BCUT2D eigenvalue weighted by atomic mass is 32.2. The zero-order valence-electron chi connectivity index (χ0n) is 16.4. The van der Waals surface area contributed by atoms with Crippen LogP contribution in [0.5, 0.6) is 0 Å². The Hall–Kier alpha value is -2.87. The Morgan fingerprint density at radius 3 is 2.53 bits per heavy atom. The Bertz CT molecular complexity index is 1080. The fourth-order valence-corrected chi connectivity index (χ4v) is 4.73. The van der Waals surface area contributed by atoms with Gasteiger partial charge in [-0.15, -0.1) is 0 Å². The van der Waals surface area contributed by atoms with E-state index in [1.165, 1.54) is 11.8 Å². The quantitative estimate of drug-likeness (QED) is 0.741. The number of thioether (sulfide) groups is 1. The highest BCUT2D eigenvalue weighted by Crippen LogP contribution is 2.38. The third-order valence-corrected chi connectivity index (χ3v) is 6.28. The summed E-state index contributed by atoms with van der Waals surface area (Å²) < 4.78 is 27.5. The van der Waals surface area contributed by atoms with Gasteiger partial charge in [0.05, 0.1) is 0 Å². The molecule has 0 spiro atoms. The van der Waals surface area contributed by atoms with E-state index in [2.05, 4.69) is 16.1 Å². The summed E-state index contributed by atoms with van der Waals surface area (Å²) in [4.78, 5) is 35.1. The lowest BCUT2D eigenvalue weighted by atomic mass is 9.79. The molecule has 30 heavy (non-hydrogen) atoms. The highest BCUT2D eigenvalue weighted by molar-refractivity contribution is 8.13. The second kappa shape index (κ2) is 8.10. The molecule has 2 aliphatic rings. The van der Waals surface area contributed by atoms with Crippen molar-refractivity contribution in [3.8, 4) is 0 Å². The number of carbonyl (C=O) groups is 2. The molecule has 2 atom stereocenters. The van der Waals surface area contributed by atoms with Crippen molar-refractivity contribution in [1.29, 1.82) is 0 Å². The summed E-state index contributed by atoms with van der Waals surface area (Å²) in [7, 11) is 1.70. The van der Waals surface area contributed by atoms with Gasteiger partial charge in [0.2, 0.25) is 5.91 Å². The van der Waals surface area contributed by atoms with Gasteiger partial charge in [0, 0.05) is 31.2 Å². The van der Waals surface area contributed by atoms with Crippen molar-refractivity contribution in [3.05, 3.63) is 70.8 Å². The zero-order valence-corrected chi connectivity index (χ0v) is 17.2. The molecule has 0 radical (unpaired) electrons. The monoisotopic (exact) mass is 427 g/mol. The largest absolute Gasteiger partial charge is 0.311 e. The van der Waals surface area contributed by atoms with E-state index in [-0.39, 0.29) is 17.8 Å². The van der Waals surface area contributed by atoms with Gasteiger partial charge in [-0.25, -0.2) is 8.78 Å². The van der Waals surface area contributed by atoms with Crippen LogP contribution in [0.25, 0.3) is 0 Å². The first-order chi connectivity index (χ1) is 14.3. The fourth-order valence-electron chi connectivity index (χ4n) is 3.81. The lowest BCUT2D eigenvalue weighted by Crippen LogP contribution is -2.49. The van der Waals surface area contributed by atoms with E-state index in [1.54, 1.807) is 11.9 Å². The van der Waals surface area contributed by atoms with Crippen LogP contribution in [-0.2, 0) is 15.3 Å². The smallest absolute Gasteiger partial charge is 0.259 e. The number of hydrogen-bond donors (Lipinski definition) is 0. The molecule has 2 amide bonds. The van der Waals surface area contributed by atoms with Gasteiger partial charge >= 0.3 is 0 Å². The number of amidine groups is 2. The maximum atomic E-state index is 13.7. The number of amides is 2. The molecular formula is C22H19F2N3O2S. The van der Waals surface area contributed by atoms with Gasteiger partial charge in [0.25, 0.3) is 5.91 Å². The van der Waals surface area contributed by atoms with Crippen molar-refractivity contribution in [3.63, 3.8) is 0 Å². The van der Waals surface area contributed by atoms with Crippen LogP contribution in [0.4, 0.5) is 8.78 Å². The molecule has 0 N–H and O–H groups in total. The molecule has 2 unspecified atom stereocenters. The van der Waals surface area contributed by atoms with Crippen LogP contribution in [0.2, 0.25) is 0 Å². The molecule has 2 aliphatic heterocycles. The summed E-state index contributed by atoms with van der Waals surface area (Å²) in [6.07, 6.45) is -0.0993. The minimum atomic E-state index is -0.850. The molecule has 154 valence electrons. The van der Waals surface area contributed by atoms with Gasteiger partial charge in [-0.1, -0.05) is 41.6 Å². The Balaban J connectivity index is 1.63. The Morgan fingerprint density at radius 1 is 1.10 bits per heavy atom. The minimum Gasteiger partial charge on any atom is -0.311 e. The molecule has 2 heterocycles. The number of aliphatic imine (C=N–C) groups is 2. The third kappa shape index (κ3) is 4.05. The molecule has 5 nitrogen and oxygen atoms in total. The molecule has 0 fully saturated rings. The maximum absolute atomic E-state index is 13.7. The first kappa shape index (κ1) is 20.4. The van der Waals surface area contributed by atoms with E-state index in [1.807, 2.05) is 25.1 Å². The van der Waals surface area contributed by atoms with Gasteiger partial charge < -0.3 is 4.90 Å². The van der Waals surface area contributed by atoms with Crippen LogP contribution in [-0.4, -0.2) is 34.8 Å². The predicted octanol–water partition coefficient (Wildman–Crippen LogP) is 4.06. The number of nitrogens with zero attached hydrogens (tertiary/aromatic N) is 3. The van der Waals surface area contributed by atoms with Crippen LogP contribution in [0, 0.1) is 24.5 Å². The van der Waals surface area contributed by atoms with Crippen LogP contribution in [0.1, 0.15) is 29.0 Å². The van der Waals surface area contributed by atoms with Gasteiger partial charge in [-0.2, -0.15) is 9.98 Å². The molecular weight excluding hydrogens is 408 g/mol. The normalized spacial score (nSPS) is 21.3. The first-order valence-electron chi connectivity index (χ1n) is 9.44. The van der Waals surface area contributed by atoms with Gasteiger partial charge in [-0.3, -0.25) is 9.59 Å². The van der Waals surface area contributed by atoms with Crippen molar-refractivity contribution in [1.82, 2.24) is 4.90 Å². The molecule has 0 bridgehead atoms. The zero-order chi connectivity index (χ0) is 21.4. The second-order valence-electron chi connectivity index (χ2n) is 7.42. The third-order valence-electron chi connectivity index (χ3n) is 5.18. The molecule has 8 heteroatoms. The van der Waals surface area contributed by atoms with Crippen molar-refractivity contribution >= 4 is 34.6 Å². The van der Waals surface area contributed by atoms with Gasteiger partial charge in [0.15, 0.2) is 5.17 Å². The summed E-state index contributed by atoms with van der Waals surface area (Å²) in [6.45, 7) is 2.00. The standard InChI is InChI=1S/C22H19F2N3O2S/c1-12-4-3-5-13(6-12)11-30-22-26-21(29)19-17(10-18(28)25-20(19)27(22)2)14-7-15(23)9-16(24)8-14/h3-9,17,19H,10-11H2,1-2H3. The van der Waals surface area contributed by atoms with E-state index in [0.717, 1.165) is 29.3 Å². The lowest BCUT2D eigenvalue weighted by Gasteiger charge is -2.37.